The third-order valence-corrected chi connectivity index (χ3v) is 2.97. The Morgan fingerprint density at radius 1 is 1.70 bits per heavy atom. The first kappa shape index (κ1) is 7.60. The lowest BCUT2D eigenvalue weighted by atomic mass is 10.5. The van der Waals surface area contributed by atoms with Crippen LogP contribution in [0.25, 0.3) is 10.4 Å². The molecule has 0 amide bonds. The van der Waals surface area contributed by atoms with Crippen molar-refractivity contribution in [2.24, 2.45) is 5.11 Å². The van der Waals surface area contributed by atoms with Crippen LogP contribution < -0.4 is 0 Å². The van der Waals surface area contributed by atoms with Crippen LogP contribution in [-0.4, -0.2) is 6.54 Å². The van der Waals surface area contributed by atoms with Gasteiger partial charge in [-0.2, -0.15) is 0 Å². The highest BCUT2D eigenvalue weighted by atomic mass is 33.1. The van der Waals surface area contributed by atoms with Crippen molar-refractivity contribution >= 4 is 21.6 Å². The molecule has 0 bridgehead atoms. The standard InChI is InChI=1S/C5H5N3S2/c6-8-7-4-5-2-1-3-9-10-5/h1-3H,4H2. The quantitative estimate of drug-likeness (QED) is 0.277. The Labute approximate surface area is 66.6 Å². The van der Waals surface area contributed by atoms with Gasteiger partial charge in [-0.1, -0.05) is 38.9 Å². The molecule has 0 aromatic heterocycles. The number of hydrogen-bond donors (Lipinski definition) is 0. The van der Waals surface area contributed by atoms with Crippen LogP contribution in [0.5, 0.6) is 0 Å². The second kappa shape index (κ2) is 4.33. The van der Waals surface area contributed by atoms with Crippen LogP contribution in [0.3, 0.4) is 0 Å². The molecular weight excluding hydrogens is 166 g/mol. The number of nitrogens with zero attached hydrogens (tertiary/aromatic N) is 3. The Bertz CT molecular complexity index is 215. The lowest BCUT2D eigenvalue weighted by Crippen LogP contribution is -1.80. The van der Waals surface area contributed by atoms with E-state index in [1.54, 1.807) is 21.6 Å². The summed E-state index contributed by atoms with van der Waals surface area (Å²) in [5.41, 5.74) is 7.99. The van der Waals surface area contributed by atoms with Crippen LogP contribution in [0.4, 0.5) is 0 Å². The summed E-state index contributed by atoms with van der Waals surface area (Å²) >= 11 is 0. The van der Waals surface area contributed by atoms with Crippen molar-refractivity contribution in [3.8, 4) is 0 Å². The third-order valence-electron chi connectivity index (χ3n) is 0.861. The molecule has 0 spiro atoms. The van der Waals surface area contributed by atoms with E-state index in [1.807, 2.05) is 17.6 Å². The molecule has 52 valence electrons. The summed E-state index contributed by atoms with van der Waals surface area (Å²) in [4.78, 5) is 3.77. The molecule has 5 heteroatoms. The van der Waals surface area contributed by atoms with Gasteiger partial charge in [0, 0.05) is 9.82 Å². The summed E-state index contributed by atoms with van der Waals surface area (Å²) in [6, 6.07) is 0. The van der Waals surface area contributed by atoms with Crippen molar-refractivity contribution in [1.29, 1.82) is 0 Å². The van der Waals surface area contributed by atoms with E-state index < -0.39 is 0 Å². The molecule has 0 aromatic carbocycles. The van der Waals surface area contributed by atoms with E-state index in [4.69, 9.17) is 5.53 Å². The summed E-state index contributed by atoms with van der Waals surface area (Å²) in [5.74, 6) is 0. The van der Waals surface area contributed by atoms with Crippen LogP contribution >= 0.6 is 21.6 Å². The fraction of sp³-hybridized carbons (Fsp3) is 0.200. The summed E-state index contributed by atoms with van der Waals surface area (Å²) in [5, 5.41) is 5.43. The molecule has 0 aromatic rings. The molecule has 1 rings (SSSR count). The molecule has 0 saturated carbocycles. The first-order valence-corrected chi connectivity index (χ1v) is 4.84. The van der Waals surface area contributed by atoms with Crippen molar-refractivity contribution in [3.05, 3.63) is 32.9 Å². The molecule has 3 nitrogen and oxygen atoms in total. The predicted molar refractivity (Wildman–Crippen MR) is 46.4 cm³/mol. The van der Waals surface area contributed by atoms with Crippen LogP contribution in [0.2, 0.25) is 0 Å². The molecule has 0 atom stereocenters. The lowest BCUT2D eigenvalue weighted by molar-refractivity contribution is 1.20. The predicted octanol–water partition coefficient (Wildman–Crippen LogP) is 3.09. The van der Waals surface area contributed by atoms with E-state index in [-0.39, 0.29) is 0 Å². The molecule has 1 heterocycles. The van der Waals surface area contributed by atoms with Gasteiger partial charge >= 0.3 is 0 Å². The highest BCUT2D eigenvalue weighted by Gasteiger charge is 1.97. The zero-order valence-corrected chi connectivity index (χ0v) is 6.73. The molecule has 1 aliphatic heterocycles. The largest absolute Gasteiger partial charge is 0.0887 e. The van der Waals surface area contributed by atoms with Gasteiger partial charge in [-0.25, -0.2) is 0 Å². The summed E-state index contributed by atoms with van der Waals surface area (Å²) in [7, 11) is 3.27. The molecular formula is C5H5N3S2. The van der Waals surface area contributed by atoms with Gasteiger partial charge in [-0.05, 0) is 10.9 Å². The Kier molecular flexibility index (Phi) is 3.29. The van der Waals surface area contributed by atoms with Crippen molar-refractivity contribution in [2.45, 2.75) is 0 Å². The minimum absolute atomic E-state index is 0.471. The number of rotatable bonds is 2. The fourth-order valence-electron chi connectivity index (χ4n) is 0.476. The van der Waals surface area contributed by atoms with Crippen molar-refractivity contribution in [1.82, 2.24) is 0 Å². The number of allylic oxidation sites excluding steroid dienone is 2. The molecule has 0 fully saturated rings. The monoisotopic (exact) mass is 171 g/mol. The maximum Gasteiger partial charge on any atom is 0.0579 e. The Hall–Kier alpha value is -0.510. The average molecular weight is 171 g/mol. The molecule has 0 saturated heterocycles. The normalized spacial score (nSPS) is 15.8. The van der Waals surface area contributed by atoms with E-state index in [0.29, 0.717) is 6.54 Å². The highest BCUT2D eigenvalue weighted by Crippen LogP contribution is 2.34. The van der Waals surface area contributed by atoms with Gasteiger partial charge in [-0.3, -0.25) is 0 Å². The molecule has 0 N–H and O–H groups in total. The average Bonchev–Trinajstić information content (AvgIpc) is 2.03. The first-order valence-electron chi connectivity index (χ1n) is 2.63. The van der Waals surface area contributed by atoms with Crippen molar-refractivity contribution in [2.75, 3.05) is 6.54 Å². The molecule has 1 aliphatic rings. The number of azide groups is 1. The minimum Gasteiger partial charge on any atom is -0.0887 e. The smallest absolute Gasteiger partial charge is 0.0579 e. The highest BCUT2D eigenvalue weighted by molar-refractivity contribution is 8.79. The van der Waals surface area contributed by atoms with E-state index in [2.05, 4.69) is 10.0 Å². The summed E-state index contributed by atoms with van der Waals surface area (Å²) < 4.78 is 0. The van der Waals surface area contributed by atoms with Gasteiger partial charge in [-0.15, -0.1) is 0 Å². The molecule has 0 aliphatic carbocycles. The zero-order valence-electron chi connectivity index (χ0n) is 5.10. The number of hydrogen-bond acceptors (Lipinski definition) is 3. The van der Waals surface area contributed by atoms with Gasteiger partial charge in [0.15, 0.2) is 0 Å². The van der Waals surface area contributed by atoms with E-state index in [0.717, 1.165) is 4.91 Å². The van der Waals surface area contributed by atoms with Gasteiger partial charge < -0.3 is 0 Å². The Balaban J connectivity index is 2.46. The molecule has 10 heavy (non-hydrogen) atoms. The van der Waals surface area contributed by atoms with Gasteiger partial charge in [0.25, 0.3) is 0 Å². The molecule has 0 unspecified atom stereocenters. The van der Waals surface area contributed by atoms with E-state index >= 15 is 0 Å². The topological polar surface area (TPSA) is 48.8 Å². The first-order chi connectivity index (χ1) is 4.93. The van der Waals surface area contributed by atoms with Crippen LogP contribution in [0.15, 0.2) is 27.6 Å². The SMILES string of the molecule is [N-]=[N+]=NCC1=CC=CSS1. The Morgan fingerprint density at radius 3 is 3.20 bits per heavy atom. The van der Waals surface area contributed by atoms with Crippen LogP contribution in [0, 0.1) is 0 Å². The zero-order chi connectivity index (χ0) is 7.23. The Morgan fingerprint density at radius 2 is 2.60 bits per heavy atom. The fourth-order valence-corrected chi connectivity index (χ4v) is 2.10. The lowest BCUT2D eigenvalue weighted by Gasteiger charge is -2.01. The molecule has 0 radical (unpaired) electrons. The van der Waals surface area contributed by atoms with Crippen LogP contribution in [-0.2, 0) is 0 Å². The van der Waals surface area contributed by atoms with Crippen molar-refractivity contribution < 1.29 is 0 Å². The van der Waals surface area contributed by atoms with Gasteiger partial charge in [0.2, 0.25) is 0 Å². The summed E-state index contributed by atoms with van der Waals surface area (Å²) in [6.07, 6.45) is 3.90. The maximum absolute atomic E-state index is 7.99. The van der Waals surface area contributed by atoms with Gasteiger partial charge in [0.1, 0.15) is 0 Å². The maximum atomic E-state index is 7.99. The second-order valence-corrected chi connectivity index (χ2v) is 3.76. The van der Waals surface area contributed by atoms with E-state index in [9.17, 15) is 0 Å². The minimum atomic E-state index is 0.471. The van der Waals surface area contributed by atoms with Crippen molar-refractivity contribution in [3.63, 3.8) is 0 Å². The summed E-state index contributed by atoms with van der Waals surface area (Å²) in [6.45, 7) is 0.471. The second-order valence-electron chi connectivity index (χ2n) is 1.53. The van der Waals surface area contributed by atoms with Crippen LogP contribution in [0.1, 0.15) is 0 Å². The van der Waals surface area contributed by atoms with E-state index in [1.165, 1.54) is 0 Å². The van der Waals surface area contributed by atoms with Gasteiger partial charge in [0.05, 0.1) is 6.54 Å². The third kappa shape index (κ3) is 2.39.